The number of methoxy groups -OCH3 is 2. The van der Waals surface area contributed by atoms with Crippen LogP contribution in [0.1, 0.15) is 76.1 Å². The molecule has 61 heavy (non-hydrogen) atoms. The largest absolute Gasteiger partial charge is 0.453 e. The number of alkyl carbamates (subject to hydrolysis) is 2. The predicted octanol–water partition coefficient (Wildman–Crippen LogP) is 6.54. The van der Waals surface area contributed by atoms with E-state index in [-0.39, 0.29) is 35.7 Å². The maximum Gasteiger partial charge on any atom is 0.407 e. The Hall–Kier alpha value is -6.29. The zero-order chi connectivity index (χ0) is 42.6. The number of aromatic nitrogens is 5. The summed E-state index contributed by atoms with van der Waals surface area (Å²) in [5.74, 6) is 1.01. The van der Waals surface area contributed by atoms with E-state index < -0.39 is 24.3 Å². The Labute approximate surface area is 354 Å². The lowest BCUT2D eigenvalue weighted by atomic mass is 9.90. The minimum absolute atomic E-state index is 0.0358. The Morgan fingerprint density at radius 3 is 2.11 bits per heavy atom. The molecule has 0 saturated carbocycles. The van der Waals surface area contributed by atoms with Crippen molar-refractivity contribution in [3.05, 3.63) is 78.8 Å². The Morgan fingerprint density at radius 1 is 0.754 bits per heavy atom. The molecule has 0 aliphatic carbocycles. The van der Waals surface area contributed by atoms with Crippen LogP contribution in [0.2, 0.25) is 0 Å². The van der Waals surface area contributed by atoms with Gasteiger partial charge in [-0.05, 0) is 79.2 Å². The SMILES string of the molecule is COC(=O)N[C@H](C(=O)N1CCC[C@H]1c1ncc(-c2ccc(-c3ccc4cc(-c5c[nH]c([C@@H]6CCCN6C(=O)[C@@H](NC(=O)OC)C6CCOCC6)n5)cnc4c3)cc2)[nH]1)C(C)C. The average molecular weight is 832 g/mol. The standard InChI is InChI=1S/C45H53N9O7/c1-26(2)38(51-44(57)59-3)42(55)53-17-5-7-36(53)40-47-24-34(49-40)28-11-9-27(10-12-28)30-13-14-31-21-32(23-46-33(31)22-30)35-25-48-41(50-35)37-8-6-18-54(37)43(56)39(52-45(58)60-4)29-15-19-61-20-16-29/h9-14,21-26,29,36-39H,5-8,15-20H2,1-4H3,(H,47,49)(H,48,50)(H,51,57)(H,52,58)/t36-,37-,38-,39-/m0/s1. The number of benzene rings is 2. The second-order valence-corrected chi connectivity index (χ2v) is 16.4. The highest BCUT2D eigenvalue weighted by atomic mass is 16.5. The summed E-state index contributed by atoms with van der Waals surface area (Å²) in [4.78, 5) is 76.7. The minimum Gasteiger partial charge on any atom is -0.453 e. The predicted molar refractivity (Wildman–Crippen MR) is 227 cm³/mol. The third kappa shape index (κ3) is 8.81. The number of aromatic amines is 2. The van der Waals surface area contributed by atoms with Crippen molar-refractivity contribution in [1.29, 1.82) is 0 Å². The highest BCUT2D eigenvalue weighted by molar-refractivity contribution is 5.89. The number of carbonyl (C=O) groups excluding carboxylic acids is 4. The lowest BCUT2D eigenvalue weighted by molar-refractivity contribution is -0.137. The molecule has 8 rings (SSSR count). The molecule has 4 N–H and O–H groups in total. The number of likely N-dealkylation sites (tertiary alicyclic amines) is 2. The van der Waals surface area contributed by atoms with Crippen molar-refractivity contribution in [2.75, 3.05) is 40.5 Å². The number of amides is 4. The zero-order valence-electron chi connectivity index (χ0n) is 35.0. The molecule has 0 spiro atoms. The van der Waals surface area contributed by atoms with Crippen molar-refractivity contribution in [2.45, 2.75) is 76.5 Å². The van der Waals surface area contributed by atoms with Gasteiger partial charge in [0, 0.05) is 49.6 Å². The Kier molecular flexibility index (Phi) is 12.3. The van der Waals surface area contributed by atoms with Gasteiger partial charge in [-0.3, -0.25) is 14.6 Å². The van der Waals surface area contributed by atoms with Crippen molar-refractivity contribution >= 4 is 34.9 Å². The average Bonchev–Trinajstić information content (AvgIpc) is 4.14. The van der Waals surface area contributed by atoms with Crippen LogP contribution in [-0.2, 0) is 23.8 Å². The molecular formula is C45H53N9O7. The van der Waals surface area contributed by atoms with E-state index in [2.05, 4.69) is 74.1 Å². The molecule has 3 fully saturated rings. The quantitative estimate of drug-likeness (QED) is 0.113. The van der Waals surface area contributed by atoms with Crippen LogP contribution in [0.25, 0.3) is 44.5 Å². The lowest BCUT2D eigenvalue weighted by Gasteiger charge is -2.34. The fraction of sp³-hybridized carbons (Fsp3) is 0.444. The topological polar surface area (TPSA) is 197 Å². The smallest absolute Gasteiger partial charge is 0.407 e. The number of pyridine rings is 1. The summed E-state index contributed by atoms with van der Waals surface area (Å²) in [7, 11) is 2.59. The van der Waals surface area contributed by atoms with Crippen LogP contribution in [0, 0.1) is 11.8 Å². The van der Waals surface area contributed by atoms with E-state index >= 15 is 0 Å². The summed E-state index contributed by atoms with van der Waals surface area (Å²) < 4.78 is 15.2. The summed E-state index contributed by atoms with van der Waals surface area (Å²) in [5.41, 5.74) is 6.33. The Morgan fingerprint density at radius 2 is 1.41 bits per heavy atom. The maximum atomic E-state index is 14.0. The zero-order valence-corrected chi connectivity index (χ0v) is 35.0. The van der Waals surface area contributed by atoms with Gasteiger partial charge in [-0.1, -0.05) is 50.2 Å². The first kappa shape index (κ1) is 41.4. The van der Waals surface area contributed by atoms with Crippen LogP contribution in [0.5, 0.6) is 0 Å². The van der Waals surface area contributed by atoms with Crippen LogP contribution in [0.4, 0.5) is 9.59 Å². The fourth-order valence-corrected chi connectivity index (χ4v) is 8.89. The number of H-pyrrole nitrogens is 2. The van der Waals surface area contributed by atoms with E-state index in [0.29, 0.717) is 45.0 Å². The van der Waals surface area contributed by atoms with Crippen LogP contribution in [0.15, 0.2) is 67.1 Å². The molecule has 6 heterocycles. The van der Waals surface area contributed by atoms with Gasteiger partial charge in [0.2, 0.25) is 11.8 Å². The number of nitrogens with zero attached hydrogens (tertiary/aromatic N) is 5. The monoisotopic (exact) mass is 831 g/mol. The second-order valence-electron chi connectivity index (χ2n) is 16.4. The molecule has 3 saturated heterocycles. The highest BCUT2D eigenvalue weighted by Crippen LogP contribution is 2.36. The Balaban J connectivity index is 0.936. The van der Waals surface area contributed by atoms with E-state index in [1.807, 2.05) is 36.0 Å². The summed E-state index contributed by atoms with van der Waals surface area (Å²) in [6.07, 6.45) is 8.83. The van der Waals surface area contributed by atoms with Gasteiger partial charge in [-0.15, -0.1) is 0 Å². The molecule has 3 aliphatic heterocycles. The van der Waals surface area contributed by atoms with E-state index in [1.165, 1.54) is 14.2 Å². The van der Waals surface area contributed by atoms with E-state index in [9.17, 15) is 19.2 Å². The number of fused-ring (bicyclic) bond motifs is 1. The summed E-state index contributed by atoms with van der Waals surface area (Å²) in [6.45, 7) is 6.08. The van der Waals surface area contributed by atoms with Gasteiger partial charge in [0.05, 0.1) is 49.4 Å². The molecular weight excluding hydrogens is 779 g/mol. The molecule has 16 nitrogen and oxygen atoms in total. The molecule has 0 bridgehead atoms. The highest BCUT2D eigenvalue weighted by Gasteiger charge is 2.41. The van der Waals surface area contributed by atoms with Crippen molar-refractivity contribution < 1.29 is 33.4 Å². The van der Waals surface area contributed by atoms with Gasteiger partial charge in [0.15, 0.2) is 0 Å². The molecule has 2 aromatic carbocycles. The number of hydrogen-bond donors (Lipinski definition) is 4. The molecule has 0 radical (unpaired) electrons. The van der Waals surface area contributed by atoms with Gasteiger partial charge >= 0.3 is 12.2 Å². The van der Waals surface area contributed by atoms with E-state index in [4.69, 9.17) is 24.2 Å². The van der Waals surface area contributed by atoms with Crippen LogP contribution in [-0.4, -0.2) is 111 Å². The lowest BCUT2D eigenvalue weighted by Crippen LogP contribution is -2.53. The van der Waals surface area contributed by atoms with Crippen LogP contribution in [0.3, 0.4) is 0 Å². The molecule has 3 aromatic heterocycles. The van der Waals surface area contributed by atoms with Gasteiger partial charge < -0.3 is 44.6 Å². The van der Waals surface area contributed by atoms with E-state index in [1.54, 1.807) is 6.20 Å². The van der Waals surface area contributed by atoms with Gasteiger partial charge in [-0.2, -0.15) is 0 Å². The van der Waals surface area contributed by atoms with Crippen LogP contribution < -0.4 is 10.6 Å². The molecule has 5 aromatic rings. The number of imidazole rings is 2. The van der Waals surface area contributed by atoms with Gasteiger partial charge in [0.1, 0.15) is 23.7 Å². The summed E-state index contributed by atoms with van der Waals surface area (Å²) in [6, 6.07) is 14.7. The molecule has 320 valence electrons. The third-order valence-electron chi connectivity index (χ3n) is 12.3. The molecule has 16 heteroatoms. The Bertz CT molecular complexity index is 2370. The molecule has 3 aliphatic rings. The number of nitrogens with one attached hydrogen (secondary N) is 4. The first-order valence-electron chi connectivity index (χ1n) is 21.1. The van der Waals surface area contributed by atoms with Gasteiger partial charge in [0.25, 0.3) is 0 Å². The molecule has 4 amide bonds. The second kappa shape index (κ2) is 18.1. The van der Waals surface area contributed by atoms with Gasteiger partial charge in [-0.25, -0.2) is 19.6 Å². The minimum atomic E-state index is -0.694. The maximum absolute atomic E-state index is 14.0. The fourth-order valence-electron chi connectivity index (χ4n) is 8.89. The first-order chi connectivity index (χ1) is 29.6. The van der Waals surface area contributed by atoms with Crippen molar-refractivity contribution in [1.82, 2.24) is 45.4 Å². The first-order valence-corrected chi connectivity index (χ1v) is 21.1. The number of hydrogen-bond acceptors (Lipinski definition) is 10. The summed E-state index contributed by atoms with van der Waals surface area (Å²) >= 11 is 0. The number of carbonyl (C=O) groups is 4. The van der Waals surface area contributed by atoms with Crippen molar-refractivity contribution in [2.24, 2.45) is 11.8 Å². The molecule has 4 atom stereocenters. The molecule has 0 unspecified atom stereocenters. The number of ether oxygens (including phenoxy) is 3. The van der Waals surface area contributed by atoms with Crippen molar-refractivity contribution in [3.63, 3.8) is 0 Å². The normalized spacial score (nSPS) is 19.2. The van der Waals surface area contributed by atoms with Crippen LogP contribution >= 0.6 is 0 Å². The van der Waals surface area contributed by atoms with E-state index in [0.717, 1.165) is 76.1 Å². The third-order valence-corrected chi connectivity index (χ3v) is 12.3. The van der Waals surface area contributed by atoms with Crippen molar-refractivity contribution in [3.8, 4) is 33.6 Å². The number of rotatable bonds is 11. The summed E-state index contributed by atoms with van der Waals surface area (Å²) in [5, 5.41) is 6.48.